The van der Waals surface area contributed by atoms with Crippen LogP contribution in [0.3, 0.4) is 0 Å². The molecule has 1 N–H and O–H groups in total. The fourth-order valence-corrected chi connectivity index (χ4v) is 2.25. The first-order valence-electron chi connectivity index (χ1n) is 4.25. The van der Waals surface area contributed by atoms with E-state index in [4.69, 9.17) is 0 Å². The van der Waals surface area contributed by atoms with Crippen LogP contribution >= 0.6 is 0 Å². The lowest BCUT2D eigenvalue weighted by Gasteiger charge is -2.10. The van der Waals surface area contributed by atoms with Crippen molar-refractivity contribution >= 4 is 5.91 Å². The molecule has 2 heteroatoms. The summed E-state index contributed by atoms with van der Waals surface area (Å²) >= 11 is 0. The van der Waals surface area contributed by atoms with Gasteiger partial charge in [0.2, 0.25) is 5.91 Å². The van der Waals surface area contributed by atoms with Crippen molar-refractivity contribution in [1.29, 1.82) is 0 Å². The Balaban J connectivity index is 2.16. The van der Waals surface area contributed by atoms with Gasteiger partial charge in [-0.05, 0) is 31.1 Å². The van der Waals surface area contributed by atoms with Gasteiger partial charge in [0.05, 0.1) is 0 Å². The van der Waals surface area contributed by atoms with Crippen molar-refractivity contribution in [3.8, 4) is 0 Å². The van der Waals surface area contributed by atoms with Crippen LogP contribution in [0.1, 0.15) is 19.3 Å². The van der Waals surface area contributed by atoms with Crippen molar-refractivity contribution in [2.24, 2.45) is 11.8 Å². The lowest BCUT2D eigenvalue weighted by molar-refractivity contribution is -0.117. The minimum absolute atomic E-state index is 0.136. The van der Waals surface area contributed by atoms with E-state index in [-0.39, 0.29) is 5.91 Å². The summed E-state index contributed by atoms with van der Waals surface area (Å²) in [5, 5.41) is 2.68. The van der Waals surface area contributed by atoms with E-state index in [2.05, 4.69) is 11.4 Å². The first kappa shape index (κ1) is 6.89. The Morgan fingerprint density at radius 1 is 1.64 bits per heavy atom. The first-order chi connectivity index (χ1) is 5.31. The molecule has 0 heterocycles. The molecule has 0 radical (unpaired) electrons. The molecule has 1 saturated carbocycles. The molecule has 2 aliphatic rings. The zero-order chi connectivity index (χ0) is 7.84. The van der Waals surface area contributed by atoms with Crippen LogP contribution in [0.15, 0.2) is 11.6 Å². The molecule has 11 heavy (non-hydrogen) atoms. The maximum absolute atomic E-state index is 11.2. The van der Waals surface area contributed by atoms with Gasteiger partial charge in [0.1, 0.15) is 0 Å². The molecule has 1 amide bonds. The second-order valence-electron chi connectivity index (χ2n) is 3.47. The van der Waals surface area contributed by atoms with Crippen LogP contribution < -0.4 is 5.32 Å². The molecule has 2 rings (SSSR count). The van der Waals surface area contributed by atoms with E-state index in [9.17, 15) is 4.79 Å². The van der Waals surface area contributed by atoms with Gasteiger partial charge in [0.15, 0.2) is 0 Å². The zero-order valence-corrected chi connectivity index (χ0v) is 6.76. The van der Waals surface area contributed by atoms with Crippen molar-refractivity contribution in [1.82, 2.24) is 5.32 Å². The number of rotatable bonds is 1. The maximum Gasteiger partial charge on any atom is 0.246 e. The van der Waals surface area contributed by atoms with Crippen molar-refractivity contribution in [2.75, 3.05) is 7.05 Å². The fraction of sp³-hybridized carbons (Fsp3) is 0.667. The average Bonchev–Trinajstić information content (AvgIpc) is 2.62. The van der Waals surface area contributed by atoms with E-state index in [1.165, 1.54) is 19.3 Å². The van der Waals surface area contributed by atoms with Gasteiger partial charge in [-0.2, -0.15) is 0 Å². The van der Waals surface area contributed by atoms with Gasteiger partial charge in [0, 0.05) is 12.6 Å². The third-order valence-electron chi connectivity index (χ3n) is 2.82. The molecular weight excluding hydrogens is 138 g/mol. The molecule has 0 aromatic carbocycles. The van der Waals surface area contributed by atoms with Crippen LogP contribution in [0, 0.1) is 11.8 Å². The van der Waals surface area contributed by atoms with Gasteiger partial charge in [0.25, 0.3) is 0 Å². The molecule has 0 unspecified atom stereocenters. The summed E-state index contributed by atoms with van der Waals surface area (Å²) in [6.45, 7) is 0. The number of hydrogen-bond acceptors (Lipinski definition) is 1. The Labute approximate surface area is 66.7 Å². The highest BCUT2D eigenvalue weighted by atomic mass is 16.1. The lowest BCUT2D eigenvalue weighted by Crippen LogP contribution is -2.22. The molecule has 0 aliphatic heterocycles. The normalized spacial score (nSPS) is 33.7. The van der Waals surface area contributed by atoms with E-state index < -0.39 is 0 Å². The minimum atomic E-state index is 0.136. The van der Waals surface area contributed by atoms with Gasteiger partial charge in [-0.25, -0.2) is 0 Å². The summed E-state index contributed by atoms with van der Waals surface area (Å²) in [6.07, 6.45) is 5.91. The second kappa shape index (κ2) is 2.36. The third kappa shape index (κ3) is 0.971. The highest BCUT2D eigenvalue weighted by Gasteiger charge is 2.35. The Morgan fingerprint density at radius 3 is 2.91 bits per heavy atom. The Hall–Kier alpha value is -0.790. The van der Waals surface area contributed by atoms with Gasteiger partial charge in [-0.15, -0.1) is 0 Å². The number of carbonyl (C=O) groups excluding carboxylic acids is 1. The summed E-state index contributed by atoms with van der Waals surface area (Å²) in [6, 6.07) is 0. The monoisotopic (exact) mass is 151 g/mol. The van der Waals surface area contributed by atoms with Crippen LogP contribution in [0.2, 0.25) is 0 Å². The summed E-state index contributed by atoms with van der Waals surface area (Å²) in [5.41, 5.74) is 1.05. The number of nitrogens with one attached hydrogen (secondary N) is 1. The number of amides is 1. The second-order valence-corrected chi connectivity index (χ2v) is 3.47. The van der Waals surface area contributed by atoms with E-state index in [1.54, 1.807) is 7.05 Å². The minimum Gasteiger partial charge on any atom is -0.355 e. The molecule has 2 bridgehead atoms. The predicted octanol–water partition coefficient (Wildman–Crippen LogP) is 1.09. The zero-order valence-electron chi connectivity index (χ0n) is 6.76. The summed E-state index contributed by atoms with van der Waals surface area (Å²) in [5.74, 6) is 1.43. The molecule has 0 saturated heterocycles. The number of fused-ring (bicyclic) bond motifs is 2. The Morgan fingerprint density at radius 2 is 2.45 bits per heavy atom. The largest absolute Gasteiger partial charge is 0.355 e. The van der Waals surface area contributed by atoms with E-state index in [0.717, 1.165) is 5.57 Å². The molecule has 0 aromatic rings. The van der Waals surface area contributed by atoms with Crippen LogP contribution in [0.25, 0.3) is 0 Å². The molecule has 2 aliphatic carbocycles. The summed E-state index contributed by atoms with van der Waals surface area (Å²) < 4.78 is 0. The SMILES string of the molecule is CNC(=O)C1=C[C@@H]2CC[C@H]1C2. The van der Waals surface area contributed by atoms with Crippen molar-refractivity contribution in [2.45, 2.75) is 19.3 Å². The van der Waals surface area contributed by atoms with Crippen LogP contribution in [0.5, 0.6) is 0 Å². The maximum atomic E-state index is 11.2. The summed E-state index contributed by atoms with van der Waals surface area (Å²) in [7, 11) is 1.70. The highest BCUT2D eigenvalue weighted by Crippen LogP contribution is 2.43. The molecule has 2 atom stereocenters. The smallest absolute Gasteiger partial charge is 0.246 e. The number of allylic oxidation sites excluding steroid dienone is 1. The number of carbonyl (C=O) groups is 1. The fourth-order valence-electron chi connectivity index (χ4n) is 2.25. The van der Waals surface area contributed by atoms with E-state index >= 15 is 0 Å². The highest BCUT2D eigenvalue weighted by molar-refractivity contribution is 5.94. The van der Waals surface area contributed by atoms with E-state index in [1.807, 2.05) is 0 Å². The number of hydrogen-bond donors (Lipinski definition) is 1. The van der Waals surface area contributed by atoms with Crippen molar-refractivity contribution in [3.05, 3.63) is 11.6 Å². The van der Waals surface area contributed by atoms with Crippen LogP contribution in [-0.2, 0) is 4.79 Å². The summed E-state index contributed by atoms with van der Waals surface area (Å²) in [4.78, 5) is 11.2. The standard InChI is InChI=1S/C9H13NO/c1-10-9(11)8-5-6-2-3-7(8)4-6/h5-7H,2-4H2,1H3,(H,10,11)/t6-,7+/m1/s1. The Bertz CT molecular complexity index is 220. The number of likely N-dealkylation sites (N-methyl/N-ethyl adjacent to an activating group) is 1. The average molecular weight is 151 g/mol. The molecule has 2 nitrogen and oxygen atoms in total. The molecule has 0 aromatic heterocycles. The van der Waals surface area contributed by atoms with E-state index in [0.29, 0.717) is 11.8 Å². The molecule has 0 spiro atoms. The quantitative estimate of drug-likeness (QED) is 0.597. The third-order valence-corrected chi connectivity index (χ3v) is 2.82. The van der Waals surface area contributed by atoms with Crippen molar-refractivity contribution < 1.29 is 4.79 Å². The topological polar surface area (TPSA) is 29.1 Å². The van der Waals surface area contributed by atoms with Gasteiger partial charge >= 0.3 is 0 Å². The van der Waals surface area contributed by atoms with Gasteiger partial charge in [-0.3, -0.25) is 4.79 Å². The lowest BCUT2D eigenvalue weighted by atomic mass is 9.98. The van der Waals surface area contributed by atoms with Crippen LogP contribution in [-0.4, -0.2) is 13.0 Å². The van der Waals surface area contributed by atoms with Crippen LogP contribution in [0.4, 0.5) is 0 Å². The van der Waals surface area contributed by atoms with Crippen molar-refractivity contribution in [3.63, 3.8) is 0 Å². The molecule has 60 valence electrons. The van der Waals surface area contributed by atoms with Gasteiger partial charge in [-0.1, -0.05) is 6.08 Å². The molecule has 1 fully saturated rings. The Kier molecular flexibility index (Phi) is 1.48. The first-order valence-corrected chi connectivity index (χ1v) is 4.25. The van der Waals surface area contributed by atoms with Gasteiger partial charge < -0.3 is 5.32 Å². The molecular formula is C9H13NO. The predicted molar refractivity (Wildman–Crippen MR) is 43.0 cm³/mol.